The summed E-state index contributed by atoms with van der Waals surface area (Å²) in [5, 5.41) is 6.42. The predicted octanol–water partition coefficient (Wildman–Crippen LogP) is 0.966. The van der Waals surface area contributed by atoms with Gasteiger partial charge in [0, 0.05) is 39.8 Å². The van der Waals surface area contributed by atoms with Crippen molar-refractivity contribution >= 4 is 39.8 Å². The highest BCUT2D eigenvalue weighted by Crippen LogP contribution is 2.10. The van der Waals surface area contributed by atoms with Crippen molar-refractivity contribution < 1.29 is 13.2 Å². The second-order valence-electron chi connectivity index (χ2n) is 5.87. The summed E-state index contributed by atoms with van der Waals surface area (Å²) in [5.41, 5.74) is 0. The summed E-state index contributed by atoms with van der Waals surface area (Å²) in [5.74, 6) is 0.819. The number of morpholine rings is 1. The van der Waals surface area contributed by atoms with Crippen LogP contribution in [0.2, 0.25) is 0 Å². The molecule has 26 heavy (non-hydrogen) atoms. The third-order valence-electron chi connectivity index (χ3n) is 4.03. The summed E-state index contributed by atoms with van der Waals surface area (Å²) in [6.45, 7) is 5.81. The summed E-state index contributed by atoms with van der Waals surface area (Å²) in [7, 11) is -1.50. The molecule has 0 unspecified atom stereocenters. The lowest BCUT2D eigenvalue weighted by Gasteiger charge is -2.26. The molecular formula is C17H29IN4O3S. The average Bonchev–Trinajstić information content (AvgIpc) is 2.65. The van der Waals surface area contributed by atoms with Crippen LogP contribution in [0.1, 0.15) is 6.42 Å². The quantitative estimate of drug-likeness (QED) is 0.242. The van der Waals surface area contributed by atoms with Crippen LogP contribution in [0.15, 0.2) is 40.2 Å². The molecule has 1 heterocycles. The van der Waals surface area contributed by atoms with E-state index in [0.717, 1.165) is 39.4 Å². The van der Waals surface area contributed by atoms with Crippen LogP contribution >= 0.6 is 24.0 Å². The number of hydrogen-bond acceptors (Lipinski definition) is 5. The van der Waals surface area contributed by atoms with E-state index in [-0.39, 0.29) is 29.7 Å². The Kier molecular flexibility index (Phi) is 11.1. The number of rotatable bonds is 8. The Labute approximate surface area is 173 Å². The van der Waals surface area contributed by atoms with Crippen LogP contribution in [0, 0.1) is 0 Å². The Morgan fingerprint density at radius 2 is 1.81 bits per heavy atom. The first-order valence-corrected chi connectivity index (χ1v) is 10.3. The molecule has 2 rings (SSSR count). The molecular weight excluding hydrogens is 467 g/mol. The van der Waals surface area contributed by atoms with Crippen molar-refractivity contribution in [3.63, 3.8) is 0 Å². The van der Waals surface area contributed by atoms with Crippen molar-refractivity contribution in [2.24, 2.45) is 4.99 Å². The molecule has 2 N–H and O–H groups in total. The van der Waals surface area contributed by atoms with Gasteiger partial charge in [0.25, 0.3) is 0 Å². The van der Waals surface area contributed by atoms with Gasteiger partial charge in [0.1, 0.15) is 0 Å². The van der Waals surface area contributed by atoms with Gasteiger partial charge in [-0.1, -0.05) is 18.2 Å². The first-order valence-electron chi connectivity index (χ1n) is 8.64. The number of halogens is 1. The van der Waals surface area contributed by atoms with Gasteiger partial charge in [-0.2, -0.15) is 0 Å². The first-order chi connectivity index (χ1) is 12.1. The molecule has 0 saturated carbocycles. The number of benzene rings is 1. The predicted molar refractivity (Wildman–Crippen MR) is 115 cm³/mol. The van der Waals surface area contributed by atoms with Gasteiger partial charge >= 0.3 is 0 Å². The van der Waals surface area contributed by atoms with Crippen LogP contribution in [0.5, 0.6) is 0 Å². The lowest BCUT2D eigenvalue weighted by molar-refractivity contribution is 0.0389. The van der Waals surface area contributed by atoms with Crippen molar-refractivity contribution in [2.75, 3.05) is 58.7 Å². The minimum Gasteiger partial charge on any atom is -0.379 e. The maximum absolute atomic E-state index is 12.2. The van der Waals surface area contributed by atoms with Gasteiger partial charge in [0.15, 0.2) is 15.8 Å². The number of aliphatic imine (C=N–C) groups is 1. The van der Waals surface area contributed by atoms with Gasteiger partial charge in [-0.15, -0.1) is 24.0 Å². The number of sulfone groups is 1. The van der Waals surface area contributed by atoms with Crippen LogP contribution in [-0.2, 0) is 14.6 Å². The number of hydrogen-bond donors (Lipinski definition) is 2. The molecule has 9 heteroatoms. The van der Waals surface area contributed by atoms with Crippen LogP contribution in [-0.4, -0.2) is 78.0 Å². The topological polar surface area (TPSA) is 83.0 Å². The maximum Gasteiger partial charge on any atom is 0.191 e. The Bertz CT molecular complexity index is 635. The smallest absolute Gasteiger partial charge is 0.191 e. The van der Waals surface area contributed by atoms with E-state index in [1.54, 1.807) is 31.3 Å². The average molecular weight is 496 g/mol. The Morgan fingerprint density at radius 1 is 1.15 bits per heavy atom. The van der Waals surface area contributed by atoms with E-state index in [0.29, 0.717) is 23.8 Å². The van der Waals surface area contributed by atoms with Gasteiger partial charge < -0.3 is 15.4 Å². The van der Waals surface area contributed by atoms with Gasteiger partial charge in [-0.05, 0) is 18.6 Å². The van der Waals surface area contributed by atoms with Crippen molar-refractivity contribution in [3.05, 3.63) is 30.3 Å². The third kappa shape index (κ3) is 8.19. The molecule has 1 saturated heterocycles. The molecule has 1 aliphatic heterocycles. The molecule has 0 amide bonds. The highest BCUT2D eigenvalue weighted by molar-refractivity contribution is 14.0. The zero-order valence-electron chi connectivity index (χ0n) is 15.2. The van der Waals surface area contributed by atoms with E-state index < -0.39 is 9.84 Å². The highest BCUT2D eigenvalue weighted by Gasteiger charge is 2.13. The fourth-order valence-corrected chi connectivity index (χ4v) is 3.92. The van der Waals surface area contributed by atoms with Gasteiger partial charge in [-0.3, -0.25) is 9.89 Å². The molecule has 0 spiro atoms. The molecule has 0 radical (unpaired) electrons. The van der Waals surface area contributed by atoms with Crippen LogP contribution in [0.25, 0.3) is 0 Å². The molecule has 0 aliphatic carbocycles. The maximum atomic E-state index is 12.2. The molecule has 1 aliphatic rings. The normalized spacial score (nSPS) is 16.0. The van der Waals surface area contributed by atoms with Crippen LogP contribution < -0.4 is 10.6 Å². The molecule has 7 nitrogen and oxygen atoms in total. The van der Waals surface area contributed by atoms with E-state index in [9.17, 15) is 8.42 Å². The lowest BCUT2D eigenvalue weighted by atomic mass is 10.4. The van der Waals surface area contributed by atoms with Crippen molar-refractivity contribution in [3.8, 4) is 0 Å². The van der Waals surface area contributed by atoms with Gasteiger partial charge in [0.2, 0.25) is 0 Å². The van der Waals surface area contributed by atoms with Gasteiger partial charge in [-0.25, -0.2) is 8.42 Å². The number of ether oxygens (including phenoxy) is 1. The fraction of sp³-hybridized carbons (Fsp3) is 0.588. The van der Waals surface area contributed by atoms with Gasteiger partial charge in [0.05, 0.1) is 23.9 Å². The van der Waals surface area contributed by atoms with Crippen LogP contribution in [0.4, 0.5) is 0 Å². The summed E-state index contributed by atoms with van der Waals surface area (Å²) in [6, 6.07) is 8.56. The largest absolute Gasteiger partial charge is 0.379 e. The van der Waals surface area contributed by atoms with Crippen molar-refractivity contribution in [2.45, 2.75) is 11.3 Å². The number of nitrogens with one attached hydrogen (secondary N) is 2. The summed E-state index contributed by atoms with van der Waals surface area (Å²) >= 11 is 0. The molecule has 0 bridgehead atoms. The van der Waals surface area contributed by atoms with E-state index in [2.05, 4.69) is 20.5 Å². The standard InChI is InChI=1S/C17H28N4O3S.HI/c1-18-17(20-9-10-21-11-13-24-14-12-21)19-8-5-15-25(22,23)16-6-3-2-4-7-16;/h2-4,6-7H,5,8-15H2,1H3,(H2,18,19,20);1H. The lowest BCUT2D eigenvalue weighted by Crippen LogP contribution is -2.44. The molecule has 1 aromatic rings. The zero-order chi connectivity index (χ0) is 18.0. The van der Waals surface area contributed by atoms with Crippen molar-refractivity contribution in [1.29, 1.82) is 0 Å². The summed E-state index contributed by atoms with van der Waals surface area (Å²) in [6.07, 6.45) is 0.529. The van der Waals surface area contributed by atoms with E-state index in [1.807, 2.05) is 6.07 Å². The fourth-order valence-electron chi connectivity index (χ4n) is 2.59. The monoisotopic (exact) mass is 496 g/mol. The molecule has 0 atom stereocenters. The SMILES string of the molecule is CN=C(NCCCS(=O)(=O)c1ccccc1)NCCN1CCOCC1.I. The van der Waals surface area contributed by atoms with Crippen molar-refractivity contribution in [1.82, 2.24) is 15.5 Å². The number of guanidine groups is 1. The second-order valence-corrected chi connectivity index (χ2v) is 7.97. The Balaban J connectivity index is 0.00000338. The molecule has 1 aromatic carbocycles. The zero-order valence-corrected chi connectivity index (χ0v) is 18.3. The highest BCUT2D eigenvalue weighted by atomic mass is 127. The minimum absolute atomic E-state index is 0. The van der Waals surface area contributed by atoms with E-state index in [4.69, 9.17) is 4.74 Å². The molecule has 0 aromatic heterocycles. The summed E-state index contributed by atoms with van der Waals surface area (Å²) in [4.78, 5) is 6.89. The summed E-state index contributed by atoms with van der Waals surface area (Å²) < 4.78 is 29.7. The Morgan fingerprint density at radius 3 is 2.46 bits per heavy atom. The van der Waals surface area contributed by atoms with E-state index in [1.165, 1.54) is 0 Å². The first kappa shape index (κ1) is 23.1. The van der Waals surface area contributed by atoms with Crippen LogP contribution in [0.3, 0.4) is 0 Å². The van der Waals surface area contributed by atoms with E-state index >= 15 is 0 Å². The number of nitrogens with zero attached hydrogens (tertiary/aromatic N) is 2. The third-order valence-corrected chi connectivity index (χ3v) is 5.85. The Hall–Kier alpha value is -0.910. The second kappa shape index (κ2) is 12.5. The molecule has 148 valence electrons. The minimum atomic E-state index is -3.22. The molecule has 1 fully saturated rings.